The van der Waals surface area contributed by atoms with Gasteiger partial charge < -0.3 is 24.8 Å². The zero-order valence-electron chi connectivity index (χ0n) is 27.3. The lowest BCUT2D eigenvalue weighted by Crippen LogP contribution is -2.46. The number of carbonyl (C=O) groups is 2. The summed E-state index contributed by atoms with van der Waals surface area (Å²) < 4.78 is 11.1. The van der Waals surface area contributed by atoms with Crippen molar-refractivity contribution in [1.82, 2.24) is 5.32 Å². The number of fused-ring (bicyclic) bond motifs is 1. The van der Waals surface area contributed by atoms with E-state index in [1.807, 2.05) is 61.5 Å². The number of esters is 1. The molecule has 2 heterocycles. The lowest BCUT2D eigenvalue weighted by atomic mass is 9.97. The Kier molecular flexibility index (Phi) is 14.7. The van der Waals surface area contributed by atoms with E-state index in [-0.39, 0.29) is 24.0 Å². The maximum absolute atomic E-state index is 12.7. The second-order valence-corrected chi connectivity index (χ2v) is 11.5. The summed E-state index contributed by atoms with van der Waals surface area (Å²) >= 11 is 0. The van der Waals surface area contributed by atoms with Crippen LogP contribution >= 0.6 is 0 Å². The molecular formula is C34H55N3O5. The van der Waals surface area contributed by atoms with Gasteiger partial charge in [0.2, 0.25) is 0 Å². The summed E-state index contributed by atoms with van der Waals surface area (Å²) in [5.41, 5.74) is 4.92. The molecule has 4 atom stereocenters. The van der Waals surface area contributed by atoms with Gasteiger partial charge in [-0.15, -0.1) is 0 Å². The number of nitrogens with zero attached hydrogens (tertiary/aromatic N) is 1. The Morgan fingerprint density at radius 1 is 1.19 bits per heavy atom. The fourth-order valence-corrected chi connectivity index (χ4v) is 5.23. The van der Waals surface area contributed by atoms with E-state index in [0.717, 1.165) is 67.1 Å². The van der Waals surface area contributed by atoms with Crippen LogP contribution in [0, 0.1) is 11.8 Å². The summed E-state index contributed by atoms with van der Waals surface area (Å²) in [5, 5.41) is 17.1. The predicted molar refractivity (Wildman–Crippen MR) is 172 cm³/mol. The molecule has 0 aromatic heterocycles. The van der Waals surface area contributed by atoms with Crippen LogP contribution in [0.15, 0.2) is 41.5 Å². The van der Waals surface area contributed by atoms with E-state index in [1.165, 1.54) is 0 Å². The molecule has 2 aliphatic rings. The molecule has 4 unspecified atom stereocenters. The predicted octanol–water partition coefficient (Wildman–Crippen LogP) is 6.00. The van der Waals surface area contributed by atoms with Crippen LogP contribution in [-0.2, 0) is 25.6 Å². The van der Waals surface area contributed by atoms with Crippen LogP contribution in [0.3, 0.4) is 0 Å². The quantitative estimate of drug-likeness (QED) is 0.147. The first-order valence-electron chi connectivity index (χ1n) is 15.8. The number of nitrogens with one attached hydrogen (secondary N) is 2. The Balaban J connectivity index is 0.00000301. The van der Waals surface area contributed by atoms with Crippen LogP contribution in [0.1, 0.15) is 87.1 Å². The van der Waals surface area contributed by atoms with Gasteiger partial charge in [-0.05, 0) is 87.8 Å². The third kappa shape index (κ3) is 9.68. The molecule has 1 fully saturated rings. The molecular weight excluding hydrogens is 530 g/mol. The van der Waals surface area contributed by atoms with Crippen molar-refractivity contribution >= 4 is 23.1 Å². The highest BCUT2D eigenvalue weighted by Crippen LogP contribution is 2.39. The number of rotatable bonds is 13. The molecule has 0 radical (unpaired) electrons. The van der Waals surface area contributed by atoms with Gasteiger partial charge in [-0.2, -0.15) is 0 Å². The first-order chi connectivity index (χ1) is 20.0. The van der Waals surface area contributed by atoms with Gasteiger partial charge in [-0.25, -0.2) is 0 Å². The molecule has 8 nitrogen and oxygen atoms in total. The first-order valence-corrected chi connectivity index (χ1v) is 15.8. The van der Waals surface area contributed by atoms with E-state index >= 15 is 0 Å². The number of benzene rings is 1. The van der Waals surface area contributed by atoms with Gasteiger partial charge in [-0.3, -0.25) is 14.9 Å². The minimum atomic E-state index is -0.885. The van der Waals surface area contributed by atoms with Crippen LogP contribution in [0.5, 0.6) is 0 Å². The third-order valence-electron chi connectivity index (χ3n) is 7.87. The second kappa shape index (κ2) is 17.4. The number of allylic oxidation sites excluding steroid dienone is 2. The normalized spacial score (nSPS) is 19.8. The second-order valence-electron chi connectivity index (χ2n) is 11.5. The van der Waals surface area contributed by atoms with E-state index in [1.54, 1.807) is 6.92 Å². The van der Waals surface area contributed by atoms with Gasteiger partial charge in [-0.1, -0.05) is 46.8 Å². The van der Waals surface area contributed by atoms with Gasteiger partial charge in [0.1, 0.15) is 12.2 Å². The van der Waals surface area contributed by atoms with Gasteiger partial charge in [0.05, 0.1) is 23.6 Å². The smallest absolute Gasteiger partial charge is 0.326 e. The van der Waals surface area contributed by atoms with Crippen LogP contribution in [0.25, 0.3) is 0 Å². The zero-order chi connectivity index (χ0) is 31.4. The molecule has 1 aromatic carbocycles. The van der Waals surface area contributed by atoms with Crippen LogP contribution in [-0.4, -0.2) is 61.0 Å². The van der Waals surface area contributed by atoms with E-state index < -0.39 is 18.1 Å². The largest absolute Gasteiger partial charge is 0.461 e. The maximum atomic E-state index is 12.7. The number of ether oxygens (including phenoxy) is 2. The molecule has 3 rings (SSSR count). The van der Waals surface area contributed by atoms with Crippen molar-refractivity contribution in [3.8, 4) is 0 Å². The maximum Gasteiger partial charge on any atom is 0.326 e. The molecule has 8 heteroatoms. The summed E-state index contributed by atoms with van der Waals surface area (Å²) in [6.45, 7) is 20.0. The van der Waals surface area contributed by atoms with E-state index in [2.05, 4.69) is 39.8 Å². The number of carbonyl (C=O) groups excluding carboxylic acids is 2. The lowest BCUT2D eigenvalue weighted by Gasteiger charge is -2.33. The molecule has 236 valence electrons. The standard InChI is InChI=1S/C32H49N3O5.C2H6/c1-8-22(6)40-32(38)29(23(7)36)33-18-25-10-11-28-27(17-25)34-31(35(28)19-24-12-14-39-15-13-24)26(9-2)16-21(5)30(37)20(3)4;1-2/h9-11,16-17,20,22-24,29,31,33-34,36H,8,12-15,18-19H2,1-7H3;1-2H3/b21-16-,26-9+;. The summed E-state index contributed by atoms with van der Waals surface area (Å²) in [5.74, 6) is 0.180. The molecule has 0 aliphatic carbocycles. The molecule has 0 amide bonds. The number of Topliss-reactive ketones (excluding diaryl/α,β-unsaturated/α-hetero) is 1. The van der Waals surface area contributed by atoms with Gasteiger partial charge >= 0.3 is 5.97 Å². The van der Waals surface area contributed by atoms with Crippen molar-refractivity contribution in [3.63, 3.8) is 0 Å². The summed E-state index contributed by atoms with van der Waals surface area (Å²) in [6, 6.07) is 5.47. The molecule has 42 heavy (non-hydrogen) atoms. The van der Waals surface area contributed by atoms with Crippen molar-refractivity contribution in [1.29, 1.82) is 0 Å². The van der Waals surface area contributed by atoms with Crippen molar-refractivity contribution in [2.24, 2.45) is 11.8 Å². The van der Waals surface area contributed by atoms with Gasteiger partial charge in [0.15, 0.2) is 5.78 Å². The number of aliphatic hydroxyl groups is 1. The Morgan fingerprint density at radius 2 is 1.86 bits per heavy atom. The van der Waals surface area contributed by atoms with Crippen molar-refractivity contribution in [3.05, 3.63) is 47.1 Å². The fourth-order valence-electron chi connectivity index (χ4n) is 5.23. The number of anilines is 2. The van der Waals surface area contributed by atoms with Crippen LogP contribution in [0.2, 0.25) is 0 Å². The number of ketones is 1. The molecule has 1 saturated heterocycles. The molecule has 3 N–H and O–H groups in total. The highest BCUT2D eigenvalue weighted by molar-refractivity contribution is 5.96. The highest BCUT2D eigenvalue weighted by atomic mass is 16.5. The van der Waals surface area contributed by atoms with E-state index in [4.69, 9.17) is 9.47 Å². The summed E-state index contributed by atoms with van der Waals surface area (Å²) in [4.78, 5) is 27.7. The SMILES string of the molecule is C/C=C(\C=C(\C)C(=O)C(C)C)C1Nc2cc(CNC(C(=O)OC(C)CC)C(C)O)ccc2N1CC1CCOCC1.CC. The fraction of sp³-hybridized carbons (Fsp3) is 0.647. The van der Waals surface area contributed by atoms with Crippen molar-refractivity contribution < 1.29 is 24.2 Å². The Labute approximate surface area is 253 Å². The monoisotopic (exact) mass is 585 g/mol. The van der Waals surface area contributed by atoms with Gasteiger partial charge in [0.25, 0.3) is 0 Å². The van der Waals surface area contributed by atoms with Gasteiger partial charge in [0, 0.05) is 32.2 Å². The summed E-state index contributed by atoms with van der Waals surface area (Å²) in [7, 11) is 0. The first kappa shape index (κ1) is 35.5. The third-order valence-corrected chi connectivity index (χ3v) is 7.87. The number of hydrogen-bond donors (Lipinski definition) is 3. The minimum Gasteiger partial charge on any atom is -0.461 e. The highest BCUT2D eigenvalue weighted by Gasteiger charge is 2.33. The number of hydrogen-bond acceptors (Lipinski definition) is 8. The summed E-state index contributed by atoms with van der Waals surface area (Å²) in [6.07, 6.45) is 5.68. The lowest BCUT2D eigenvalue weighted by molar-refractivity contribution is -0.153. The molecule has 0 spiro atoms. The van der Waals surface area contributed by atoms with Crippen molar-refractivity contribution in [2.45, 2.75) is 113 Å². The minimum absolute atomic E-state index is 0.0515. The Morgan fingerprint density at radius 3 is 2.43 bits per heavy atom. The Hall–Kier alpha value is -2.68. The average Bonchev–Trinajstić information content (AvgIpc) is 3.33. The molecule has 0 saturated carbocycles. The van der Waals surface area contributed by atoms with E-state index in [0.29, 0.717) is 12.5 Å². The average molecular weight is 586 g/mol. The van der Waals surface area contributed by atoms with Crippen LogP contribution in [0.4, 0.5) is 11.4 Å². The zero-order valence-corrected chi connectivity index (χ0v) is 27.3. The molecule has 1 aromatic rings. The molecule has 2 aliphatic heterocycles. The Bertz CT molecular complexity index is 1070. The molecule has 0 bridgehead atoms. The number of aliphatic hydroxyl groups excluding tert-OH is 1. The van der Waals surface area contributed by atoms with E-state index in [9.17, 15) is 14.7 Å². The van der Waals surface area contributed by atoms with Crippen molar-refractivity contribution in [2.75, 3.05) is 30.0 Å². The topological polar surface area (TPSA) is 100 Å². The van der Waals surface area contributed by atoms with Crippen LogP contribution < -0.4 is 15.5 Å².